The summed E-state index contributed by atoms with van der Waals surface area (Å²) in [5.74, 6) is 0.672. The molecule has 0 spiro atoms. The van der Waals surface area contributed by atoms with Crippen LogP contribution in [0.5, 0.6) is 11.5 Å². The smallest absolute Gasteiger partial charge is 0.258 e. The van der Waals surface area contributed by atoms with Crippen molar-refractivity contribution in [2.75, 3.05) is 20.3 Å². The van der Waals surface area contributed by atoms with Gasteiger partial charge >= 0.3 is 0 Å². The Kier molecular flexibility index (Phi) is 4.93. The lowest BCUT2D eigenvalue weighted by atomic mass is 10.0. The minimum absolute atomic E-state index is 0.0842. The van der Waals surface area contributed by atoms with E-state index in [9.17, 15) is 9.18 Å². The second kappa shape index (κ2) is 7.68. The van der Waals surface area contributed by atoms with Crippen molar-refractivity contribution in [2.24, 2.45) is 0 Å². The van der Waals surface area contributed by atoms with Crippen molar-refractivity contribution < 1.29 is 18.7 Å². The van der Waals surface area contributed by atoms with Crippen molar-refractivity contribution in [1.82, 2.24) is 9.88 Å². The van der Waals surface area contributed by atoms with Crippen molar-refractivity contribution in [2.45, 2.75) is 6.54 Å². The van der Waals surface area contributed by atoms with Gasteiger partial charge in [0.2, 0.25) is 5.95 Å². The molecule has 2 aromatic carbocycles. The quantitative estimate of drug-likeness (QED) is 0.646. The predicted octanol–water partition coefficient (Wildman–Crippen LogP) is 3.93. The Bertz CT molecular complexity index is 1000. The fraction of sp³-hybridized carbons (Fsp3) is 0.182. The van der Waals surface area contributed by atoms with Crippen LogP contribution in [-0.4, -0.2) is 36.1 Å². The number of fused-ring (bicyclic) bond motifs is 1. The molecule has 4 rings (SSSR count). The summed E-state index contributed by atoms with van der Waals surface area (Å²) in [6.45, 7) is 1.36. The van der Waals surface area contributed by atoms with Crippen LogP contribution in [0.1, 0.15) is 15.9 Å². The van der Waals surface area contributed by atoms with E-state index in [4.69, 9.17) is 9.47 Å². The summed E-state index contributed by atoms with van der Waals surface area (Å²) in [4.78, 5) is 18.5. The zero-order valence-corrected chi connectivity index (χ0v) is 15.4. The van der Waals surface area contributed by atoms with E-state index in [1.165, 1.54) is 12.3 Å². The average Bonchev–Trinajstić information content (AvgIpc) is 2.87. The third-order valence-electron chi connectivity index (χ3n) is 4.69. The Hall–Kier alpha value is -3.41. The normalized spacial score (nSPS) is 13.5. The van der Waals surface area contributed by atoms with E-state index in [1.807, 2.05) is 30.3 Å². The summed E-state index contributed by atoms with van der Waals surface area (Å²) in [7, 11) is 1.62. The summed E-state index contributed by atoms with van der Waals surface area (Å²) in [6, 6.07) is 16.0. The average molecular weight is 378 g/mol. The molecule has 3 aromatic rings. The van der Waals surface area contributed by atoms with Crippen LogP contribution in [0.4, 0.5) is 4.39 Å². The van der Waals surface area contributed by atoms with Gasteiger partial charge in [0.1, 0.15) is 18.1 Å². The van der Waals surface area contributed by atoms with Gasteiger partial charge in [0, 0.05) is 18.3 Å². The number of hydrogen-bond acceptors (Lipinski definition) is 4. The van der Waals surface area contributed by atoms with Crippen LogP contribution >= 0.6 is 0 Å². The van der Waals surface area contributed by atoms with Crippen molar-refractivity contribution in [3.63, 3.8) is 0 Å². The lowest BCUT2D eigenvalue weighted by molar-refractivity contribution is 0.0743. The van der Waals surface area contributed by atoms with Gasteiger partial charge < -0.3 is 14.4 Å². The van der Waals surface area contributed by atoms with E-state index in [2.05, 4.69) is 4.98 Å². The molecule has 1 amide bonds. The molecule has 0 atom stereocenters. The highest BCUT2D eigenvalue weighted by Gasteiger charge is 2.24. The minimum atomic E-state index is -0.530. The van der Waals surface area contributed by atoms with Gasteiger partial charge in [-0.25, -0.2) is 4.98 Å². The molecule has 0 aliphatic carbocycles. The molecule has 0 radical (unpaired) electrons. The second-order valence-corrected chi connectivity index (χ2v) is 6.51. The molecule has 2 heterocycles. The molecule has 0 saturated heterocycles. The Morgan fingerprint density at radius 1 is 1.14 bits per heavy atom. The minimum Gasteiger partial charge on any atom is -0.497 e. The molecule has 5 nitrogen and oxygen atoms in total. The number of nitrogens with zero attached hydrogens (tertiary/aromatic N) is 2. The van der Waals surface area contributed by atoms with Crippen molar-refractivity contribution in [1.29, 1.82) is 0 Å². The molecule has 0 saturated carbocycles. The predicted molar refractivity (Wildman–Crippen MR) is 103 cm³/mol. The van der Waals surface area contributed by atoms with E-state index in [-0.39, 0.29) is 5.91 Å². The maximum Gasteiger partial charge on any atom is 0.258 e. The number of benzene rings is 2. The first kappa shape index (κ1) is 18.0. The standard InChI is InChI=1S/C22H19FN2O3/c1-27-18-4-2-3-15(11-18)14-25-9-10-28-20-12-16(5-7-19(20)22(25)26)17-6-8-21(23)24-13-17/h2-8,11-13H,9-10,14H2,1H3. The summed E-state index contributed by atoms with van der Waals surface area (Å²) < 4.78 is 24.2. The summed E-state index contributed by atoms with van der Waals surface area (Å²) in [5.41, 5.74) is 3.09. The number of pyridine rings is 1. The van der Waals surface area contributed by atoms with Gasteiger partial charge in [-0.1, -0.05) is 18.2 Å². The van der Waals surface area contributed by atoms with Gasteiger partial charge in [-0.3, -0.25) is 4.79 Å². The highest BCUT2D eigenvalue weighted by Crippen LogP contribution is 2.30. The van der Waals surface area contributed by atoms with Gasteiger partial charge in [-0.15, -0.1) is 0 Å². The van der Waals surface area contributed by atoms with Crippen LogP contribution in [-0.2, 0) is 6.54 Å². The van der Waals surface area contributed by atoms with Crippen LogP contribution in [0.2, 0.25) is 0 Å². The highest BCUT2D eigenvalue weighted by molar-refractivity contribution is 5.98. The zero-order valence-electron chi connectivity index (χ0n) is 15.4. The maximum atomic E-state index is 13.1. The van der Waals surface area contributed by atoms with E-state index in [1.54, 1.807) is 30.2 Å². The van der Waals surface area contributed by atoms with E-state index < -0.39 is 5.95 Å². The fourth-order valence-corrected chi connectivity index (χ4v) is 3.22. The van der Waals surface area contributed by atoms with Crippen LogP contribution in [0.25, 0.3) is 11.1 Å². The first-order valence-electron chi connectivity index (χ1n) is 8.95. The molecule has 6 heteroatoms. The molecule has 1 aromatic heterocycles. The van der Waals surface area contributed by atoms with Crippen LogP contribution in [0, 0.1) is 5.95 Å². The molecule has 142 valence electrons. The highest BCUT2D eigenvalue weighted by atomic mass is 19.1. The number of halogens is 1. The van der Waals surface area contributed by atoms with Gasteiger partial charge in [0.25, 0.3) is 5.91 Å². The van der Waals surface area contributed by atoms with Crippen LogP contribution in [0.15, 0.2) is 60.8 Å². The van der Waals surface area contributed by atoms with Gasteiger partial charge in [0.15, 0.2) is 0 Å². The molecular weight excluding hydrogens is 359 g/mol. The first-order chi connectivity index (χ1) is 13.6. The van der Waals surface area contributed by atoms with Crippen molar-refractivity contribution in [3.05, 3.63) is 77.9 Å². The third-order valence-corrected chi connectivity index (χ3v) is 4.69. The third kappa shape index (κ3) is 3.67. The van der Waals surface area contributed by atoms with E-state index in [0.29, 0.717) is 31.0 Å². The molecular formula is C22H19FN2O3. The Morgan fingerprint density at radius 2 is 2.00 bits per heavy atom. The molecule has 0 unspecified atom stereocenters. The molecule has 0 bridgehead atoms. The summed E-state index contributed by atoms with van der Waals surface area (Å²) in [5, 5.41) is 0. The lowest BCUT2D eigenvalue weighted by Crippen LogP contribution is -2.31. The Morgan fingerprint density at radius 3 is 2.79 bits per heavy atom. The molecule has 28 heavy (non-hydrogen) atoms. The second-order valence-electron chi connectivity index (χ2n) is 6.51. The van der Waals surface area contributed by atoms with Crippen molar-refractivity contribution >= 4 is 5.91 Å². The lowest BCUT2D eigenvalue weighted by Gasteiger charge is -2.20. The van der Waals surface area contributed by atoms with E-state index in [0.717, 1.165) is 22.4 Å². The number of methoxy groups -OCH3 is 1. The summed E-state index contributed by atoms with van der Waals surface area (Å²) >= 11 is 0. The molecule has 1 aliphatic heterocycles. The first-order valence-corrected chi connectivity index (χ1v) is 8.95. The fourth-order valence-electron chi connectivity index (χ4n) is 3.22. The monoisotopic (exact) mass is 378 g/mol. The molecule has 0 fully saturated rings. The molecule has 1 aliphatic rings. The number of carbonyl (C=O) groups is 1. The summed E-state index contributed by atoms with van der Waals surface area (Å²) in [6.07, 6.45) is 1.46. The van der Waals surface area contributed by atoms with Crippen LogP contribution in [0.3, 0.4) is 0 Å². The Balaban J connectivity index is 1.60. The Labute approximate surface area is 162 Å². The van der Waals surface area contributed by atoms with Gasteiger partial charge in [-0.05, 0) is 47.5 Å². The largest absolute Gasteiger partial charge is 0.497 e. The number of ether oxygens (including phenoxy) is 2. The number of rotatable bonds is 4. The number of hydrogen-bond donors (Lipinski definition) is 0. The number of aromatic nitrogens is 1. The van der Waals surface area contributed by atoms with E-state index >= 15 is 0 Å². The SMILES string of the molecule is COc1cccc(CN2CCOc3cc(-c4ccc(F)nc4)ccc3C2=O)c1. The van der Waals surface area contributed by atoms with Crippen molar-refractivity contribution in [3.8, 4) is 22.6 Å². The molecule has 0 N–H and O–H groups in total. The zero-order chi connectivity index (χ0) is 19.5. The van der Waals surface area contributed by atoms with Gasteiger partial charge in [0.05, 0.1) is 19.2 Å². The van der Waals surface area contributed by atoms with Crippen LogP contribution < -0.4 is 9.47 Å². The maximum absolute atomic E-state index is 13.1. The number of carbonyl (C=O) groups excluding carboxylic acids is 1. The topological polar surface area (TPSA) is 51.7 Å². The number of amides is 1. The van der Waals surface area contributed by atoms with Gasteiger partial charge in [-0.2, -0.15) is 4.39 Å².